The minimum atomic E-state index is -3.83. The first kappa shape index (κ1) is 105. The smallest absolute Gasteiger partial charge is 0.407 e. The number of carbonyl (C=O) groups is 5. The topological polar surface area (TPSA) is 310 Å². The van der Waals surface area contributed by atoms with Crippen molar-refractivity contribution in [3.05, 3.63) is 428 Å². The molecule has 29 heteroatoms. The zero-order valence-corrected chi connectivity index (χ0v) is 79.5. The Bertz CT molecular complexity index is 6460. The molecular formula is C105H97FN2O19P2S5+2. The number of aldehydes is 2. The highest BCUT2D eigenvalue weighted by Crippen LogP contribution is 2.42. The van der Waals surface area contributed by atoms with E-state index in [9.17, 15) is 54.3 Å². The van der Waals surface area contributed by atoms with Gasteiger partial charge in [0.25, 0.3) is 0 Å². The summed E-state index contributed by atoms with van der Waals surface area (Å²) in [6, 6.07) is 116. The first-order chi connectivity index (χ1) is 64.7. The highest BCUT2D eigenvalue weighted by Gasteiger charge is 2.42. The number of nitrogens with zero attached hydrogens (tertiary/aromatic N) is 1. The molecule has 0 radical (unpaired) electrons. The zero-order chi connectivity index (χ0) is 96.6. The quantitative estimate of drug-likeness (QED) is 0.00956. The van der Waals surface area contributed by atoms with Crippen molar-refractivity contribution in [3.63, 3.8) is 0 Å². The van der Waals surface area contributed by atoms with Gasteiger partial charge in [-0.05, 0) is 249 Å². The van der Waals surface area contributed by atoms with Crippen LogP contribution in [0.4, 0.5) is 4.39 Å². The molecular weight excluding hydrogens is 1830 g/mol. The lowest BCUT2D eigenvalue weighted by molar-refractivity contribution is -0.137. The molecule has 2 unspecified atom stereocenters. The van der Waals surface area contributed by atoms with Crippen LogP contribution in [-0.4, -0.2) is 101 Å². The van der Waals surface area contributed by atoms with Gasteiger partial charge >= 0.3 is 33.1 Å². The van der Waals surface area contributed by atoms with Gasteiger partial charge in [-0.15, -0.1) is 12.6 Å². The molecule has 0 saturated heterocycles. The summed E-state index contributed by atoms with van der Waals surface area (Å²) in [5.41, 5.74) is 3.44. The van der Waals surface area contributed by atoms with E-state index >= 15 is 0 Å². The second-order valence-corrected chi connectivity index (χ2v) is 38.2. The normalized spacial score (nSPS) is 10.8. The number of benzene rings is 15. The molecule has 0 spiro atoms. The fourth-order valence-corrected chi connectivity index (χ4v) is 20.0. The van der Waals surface area contributed by atoms with E-state index < -0.39 is 58.9 Å². The number of amides is 1. The summed E-state index contributed by atoms with van der Waals surface area (Å²) in [4.78, 5) is 61.3. The highest BCUT2D eigenvalue weighted by atomic mass is 32.2. The Morgan fingerprint density at radius 3 is 0.955 bits per heavy atom. The van der Waals surface area contributed by atoms with Gasteiger partial charge in [-0.25, -0.2) is 31.6 Å². The van der Waals surface area contributed by atoms with Crippen molar-refractivity contribution in [3.8, 4) is 57.5 Å². The Labute approximate surface area is 795 Å². The molecule has 0 bridgehead atoms. The largest absolute Gasteiger partial charge is 0.481 e. The van der Waals surface area contributed by atoms with Crippen molar-refractivity contribution in [1.82, 2.24) is 10.4 Å². The molecule has 15 aromatic rings. The van der Waals surface area contributed by atoms with E-state index in [1.807, 2.05) is 263 Å². The molecule has 21 nitrogen and oxygen atoms in total. The Hall–Kier alpha value is -14.0. The van der Waals surface area contributed by atoms with Crippen LogP contribution in [0, 0.1) is 5.82 Å². The monoisotopic (exact) mass is 1930 g/mol. The minimum absolute atomic E-state index is 0.000808. The highest BCUT2D eigenvalue weighted by molar-refractivity contribution is 7.99. The second-order valence-electron chi connectivity index (χ2n) is 28.0. The summed E-state index contributed by atoms with van der Waals surface area (Å²) in [6.07, 6.45) is 0.800. The maximum Gasteiger partial charge on any atom is 0.407 e. The maximum absolute atomic E-state index is 13.0. The van der Waals surface area contributed by atoms with Gasteiger partial charge in [-0.3, -0.25) is 29.2 Å². The number of para-hydroxylation sites is 5. The number of sulfone groups is 2. The second kappa shape index (κ2) is 56.0. The Kier molecular flexibility index (Phi) is 44.1. The number of hydrogen-bond donors (Lipinski definition) is 5. The van der Waals surface area contributed by atoms with Gasteiger partial charge in [0.1, 0.15) is 76.6 Å². The van der Waals surface area contributed by atoms with Crippen LogP contribution in [0.3, 0.4) is 0 Å². The molecule has 2 atom stereocenters. The van der Waals surface area contributed by atoms with Gasteiger partial charge in [-0.2, -0.15) is 0 Å². The van der Waals surface area contributed by atoms with Crippen LogP contribution in [-0.2, 0) is 62.5 Å². The third kappa shape index (κ3) is 35.6. The number of carbonyl (C=O) groups excluding carboxylic acids is 3. The van der Waals surface area contributed by atoms with E-state index in [2.05, 4.69) is 12.6 Å². The molecule has 15 aromatic carbocycles. The Balaban J connectivity index is 0.000000197. The molecule has 0 saturated carbocycles. The molecule has 0 aliphatic rings. The number of thiol groups is 1. The van der Waals surface area contributed by atoms with Gasteiger partial charge in [0.05, 0.1) is 44.4 Å². The first-order valence-electron chi connectivity index (χ1n) is 41.2. The van der Waals surface area contributed by atoms with Crippen LogP contribution in [0.25, 0.3) is 0 Å². The molecule has 0 fully saturated rings. The average Bonchev–Trinajstić information content (AvgIpc) is 0.791. The predicted octanol–water partition coefficient (Wildman–Crippen LogP) is 26.2. The molecule has 0 heterocycles. The van der Waals surface area contributed by atoms with Crippen LogP contribution >= 0.6 is 51.8 Å². The van der Waals surface area contributed by atoms with E-state index in [0.29, 0.717) is 40.4 Å². The van der Waals surface area contributed by atoms with Crippen LogP contribution in [0.5, 0.6) is 57.5 Å². The summed E-state index contributed by atoms with van der Waals surface area (Å²) < 4.78 is 114. The third-order valence-corrected chi connectivity index (χ3v) is 28.4. The number of halogens is 1. The number of hydrogen-bond acceptors (Lipinski definition) is 21. The molecule has 15 rings (SSSR count). The van der Waals surface area contributed by atoms with Gasteiger partial charge in [0.2, 0.25) is 25.6 Å². The van der Waals surface area contributed by atoms with E-state index in [1.165, 1.54) is 66.1 Å². The standard InChI is InChI=1S/C20H17NO5S.C20H16O5S.C20H16O3S.C19H14O2S.C12H10OS.C7H5FO.C5H13NO2P2.C2H6/c22-20(21-23)14-15-6-4-5-9-19(15)27(24,25)18-12-10-17(11-13-18)26-16-7-2-1-3-8-16;21-20(22)14-15-6-4-5-9-19(15)26(23,24)18-12-10-17(11-13-18)25-16-7-2-1-3-8-16;21-20(22)14-15-6-4-5-9-19(15)24-18-12-10-17(11-13-18)23-16-7-2-1-3-8-16;20-14-15-6-4-5-9-19(15)22-18-12-10-17(11-13-18)21-16-7-2-1-3-8-16;14-12-8-6-11(7-9-12)13-10-4-2-1-3-5-10;8-7-4-2-1-3-6(7)5-9;1-6(2)5(9(3)7)10(4)8;1-2/h1-13,23H,14H2,(H,21,22);1-13H,14H2,(H,21,22);1-13H,14H2,(H,21,22);1-14H;1-9,14H;1-5H;5H,1-4H3;1-2H3/q;;;;;;+2;. The molecule has 686 valence electrons. The zero-order valence-electron chi connectivity index (χ0n) is 73.6. The number of rotatable bonds is 29. The third-order valence-electron chi connectivity index (χ3n) is 17.9. The summed E-state index contributed by atoms with van der Waals surface area (Å²) >= 11 is 7.32. The molecule has 134 heavy (non-hydrogen) atoms. The molecule has 0 aliphatic carbocycles. The van der Waals surface area contributed by atoms with E-state index in [0.717, 1.165) is 70.8 Å². The number of carboxylic acid groups (broad SMARTS) is 2. The van der Waals surface area contributed by atoms with Gasteiger partial charge in [-0.1, -0.05) is 222 Å². The number of hydroxylamine groups is 1. The Morgan fingerprint density at radius 1 is 0.373 bits per heavy atom. The molecule has 0 aliphatic heterocycles. The average molecular weight is 1930 g/mol. The molecule has 0 aromatic heterocycles. The molecule has 4 N–H and O–H groups in total. The fourth-order valence-electron chi connectivity index (χ4n) is 11.9. The number of nitrogens with one attached hydrogen (secondary N) is 1. The van der Waals surface area contributed by atoms with Crippen LogP contribution in [0.15, 0.2) is 438 Å². The minimum Gasteiger partial charge on any atom is -0.481 e. The van der Waals surface area contributed by atoms with E-state index in [4.69, 9.17) is 39.1 Å². The SMILES string of the molecule is CC.CN(C)C([P+](C)=O)[P+](C)=O.O=C(Cc1ccccc1S(=O)(=O)c1ccc(Oc2ccccc2)cc1)NO.O=C(O)Cc1ccccc1S(=O)(=O)c1ccc(Oc2ccccc2)cc1.O=C(O)Cc1ccccc1Sc1ccc(Oc2ccccc2)cc1.O=Cc1ccccc1F.O=Cc1ccccc1Sc1ccc(Oc2ccccc2)cc1.Sc1ccc(Oc2ccccc2)cc1. The van der Waals surface area contributed by atoms with Crippen LogP contribution in [0.2, 0.25) is 0 Å². The lowest BCUT2D eigenvalue weighted by atomic mass is 10.1. The number of aliphatic carboxylic acids is 2. The molecule has 1 amide bonds. The van der Waals surface area contributed by atoms with E-state index in [1.54, 1.807) is 141 Å². The summed E-state index contributed by atoms with van der Waals surface area (Å²) in [6.45, 7) is 7.22. The summed E-state index contributed by atoms with van der Waals surface area (Å²) in [7, 11) is -6.78. The van der Waals surface area contributed by atoms with Crippen LogP contribution < -0.4 is 29.2 Å². The van der Waals surface area contributed by atoms with Gasteiger partial charge in [0.15, 0.2) is 12.6 Å². The lowest BCUT2D eigenvalue weighted by Gasteiger charge is -2.11. The number of ether oxygens (including phenoxy) is 5. The number of carboxylic acids is 2. The van der Waals surface area contributed by atoms with Crippen molar-refractivity contribution in [1.29, 1.82) is 0 Å². The van der Waals surface area contributed by atoms with Crippen molar-refractivity contribution < 1.29 is 93.4 Å². The predicted molar refractivity (Wildman–Crippen MR) is 526 cm³/mol. The Morgan fingerprint density at radius 2 is 0.642 bits per heavy atom. The van der Waals surface area contributed by atoms with Gasteiger partial charge in [0, 0.05) is 30.0 Å². The summed E-state index contributed by atoms with van der Waals surface area (Å²) in [5.74, 6) is 4.09. The van der Waals surface area contributed by atoms with Crippen LogP contribution in [0.1, 0.15) is 51.3 Å². The first-order valence-corrected chi connectivity index (χ1v) is 49.8. The van der Waals surface area contributed by atoms with Crippen molar-refractivity contribution in [2.45, 2.75) is 82.7 Å². The fraction of sp³-hybridized carbons (Fsp3) is 0.0952. The van der Waals surface area contributed by atoms with Crippen molar-refractivity contribution >= 4 is 102 Å². The van der Waals surface area contributed by atoms with Crippen molar-refractivity contribution in [2.75, 3.05) is 27.4 Å². The van der Waals surface area contributed by atoms with Crippen molar-refractivity contribution in [2.24, 2.45) is 0 Å². The maximum atomic E-state index is 13.0. The lowest BCUT2D eigenvalue weighted by Crippen LogP contribution is -2.21. The summed E-state index contributed by atoms with van der Waals surface area (Å²) in [5, 5.41) is 26.7. The van der Waals surface area contributed by atoms with Gasteiger partial charge < -0.3 is 33.9 Å². The van der Waals surface area contributed by atoms with E-state index in [-0.39, 0.29) is 55.5 Å².